The normalized spacial score (nSPS) is 14.0. The monoisotopic (exact) mass is 330 g/mol. The van der Waals surface area contributed by atoms with E-state index in [1.807, 2.05) is 0 Å². The van der Waals surface area contributed by atoms with Crippen molar-refractivity contribution in [2.24, 2.45) is 0 Å². The molecule has 0 rings (SSSR count). The lowest BCUT2D eigenvalue weighted by Crippen LogP contribution is -2.49. The first-order valence-corrected chi connectivity index (χ1v) is 14.8. The minimum Gasteiger partial charge on any atom is -0.455 e. The summed E-state index contributed by atoms with van der Waals surface area (Å²) >= 11 is 5.96. The molecule has 0 aliphatic carbocycles. The van der Waals surface area contributed by atoms with Crippen LogP contribution in [0.15, 0.2) is 0 Å². The van der Waals surface area contributed by atoms with E-state index in [4.69, 9.17) is 29.0 Å². The fourth-order valence-corrected chi connectivity index (χ4v) is 13.7. The fourth-order valence-electron chi connectivity index (χ4n) is 1.84. The standard InChI is InChI=1S/C10H27ClO4Si3/c1-12-18(13-2,14-3)9-8-16(4,5)15-17(6,7)10-11/h8-10H2,1-7H3. The van der Waals surface area contributed by atoms with E-state index in [2.05, 4.69) is 26.2 Å². The predicted molar refractivity (Wildman–Crippen MR) is 83.2 cm³/mol. The summed E-state index contributed by atoms with van der Waals surface area (Å²) < 4.78 is 22.6. The predicted octanol–water partition coefficient (Wildman–Crippen LogP) is 3.07. The van der Waals surface area contributed by atoms with Gasteiger partial charge in [-0.15, -0.1) is 11.6 Å². The van der Waals surface area contributed by atoms with Crippen LogP contribution in [0.25, 0.3) is 0 Å². The Morgan fingerprint density at radius 3 is 1.56 bits per heavy atom. The van der Waals surface area contributed by atoms with E-state index < -0.39 is 25.4 Å². The van der Waals surface area contributed by atoms with E-state index in [9.17, 15) is 0 Å². The van der Waals surface area contributed by atoms with Crippen molar-refractivity contribution in [3.8, 4) is 0 Å². The van der Waals surface area contributed by atoms with Crippen molar-refractivity contribution in [3.63, 3.8) is 0 Å². The molecule has 0 fully saturated rings. The molecule has 0 unspecified atom stereocenters. The van der Waals surface area contributed by atoms with E-state index >= 15 is 0 Å². The molecule has 0 aliphatic heterocycles. The van der Waals surface area contributed by atoms with Crippen LogP contribution >= 0.6 is 11.6 Å². The molecule has 0 saturated heterocycles. The molecule has 18 heavy (non-hydrogen) atoms. The van der Waals surface area contributed by atoms with Gasteiger partial charge in [-0.3, -0.25) is 0 Å². The summed E-state index contributed by atoms with van der Waals surface area (Å²) in [5, 5.41) is 0. The van der Waals surface area contributed by atoms with E-state index in [0.29, 0.717) is 5.50 Å². The number of halogens is 1. The third-order valence-electron chi connectivity index (χ3n) is 2.84. The Morgan fingerprint density at radius 1 is 0.778 bits per heavy atom. The van der Waals surface area contributed by atoms with E-state index in [-0.39, 0.29) is 0 Å². The first kappa shape index (κ1) is 18.8. The minimum absolute atomic E-state index is 0.630. The van der Waals surface area contributed by atoms with Gasteiger partial charge in [-0.1, -0.05) is 0 Å². The van der Waals surface area contributed by atoms with Crippen LogP contribution in [0.3, 0.4) is 0 Å². The molecule has 0 spiro atoms. The Morgan fingerprint density at radius 2 is 1.22 bits per heavy atom. The van der Waals surface area contributed by atoms with Crippen molar-refractivity contribution >= 4 is 37.0 Å². The van der Waals surface area contributed by atoms with Crippen LogP contribution in [-0.2, 0) is 17.4 Å². The zero-order valence-corrected chi connectivity index (χ0v) is 16.4. The van der Waals surface area contributed by atoms with Gasteiger partial charge in [0.05, 0.1) is 0 Å². The Hall–Kier alpha value is 0.781. The summed E-state index contributed by atoms with van der Waals surface area (Å²) in [6.07, 6.45) is 0. The number of rotatable bonds is 9. The zero-order valence-electron chi connectivity index (χ0n) is 12.6. The molecule has 0 amide bonds. The van der Waals surface area contributed by atoms with Crippen LogP contribution in [0.5, 0.6) is 0 Å². The van der Waals surface area contributed by atoms with E-state index in [1.54, 1.807) is 21.3 Å². The van der Waals surface area contributed by atoms with Gasteiger partial charge in [0, 0.05) is 32.9 Å². The van der Waals surface area contributed by atoms with Gasteiger partial charge < -0.3 is 17.4 Å². The highest BCUT2D eigenvalue weighted by Crippen LogP contribution is 2.25. The molecule has 0 atom stereocenters. The molecule has 0 aromatic heterocycles. The summed E-state index contributed by atoms with van der Waals surface area (Å²) in [6, 6.07) is 1.75. The smallest absolute Gasteiger partial charge is 0.455 e. The van der Waals surface area contributed by atoms with Gasteiger partial charge >= 0.3 is 8.80 Å². The highest BCUT2D eigenvalue weighted by Gasteiger charge is 2.41. The van der Waals surface area contributed by atoms with Crippen LogP contribution in [0.4, 0.5) is 0 Å². The molecule has 110 valence electrons. The summed E-state index contributed by atoms with van der Waals surface area (Å²) in [6.45, 7) is 8.74. The van der Waals surface area contributed by atoms with Gasteiger partial charge in [-0.05, 0) is 32.2 Å². The maximum atomic E-state index is 6.30. The Kier molecular flexibility index (Phi) is 7.86. The van der Waals surface area contributed by atoms with Gasteiger partial charge in [0.25, 0.3) is 0 Å². The molecule has 0 radical (unpaired) electrons. The highest BCUT2D eigenvalue weighted by molar-refractivity contribution is 6.88. The third kappa shape index (κ3) is 6.29. The van der Waals surface area contributed by atoms with Crippen molar-refractivity contribution in [1.29, 1.82) is 0 Å². The van der Waals surface area contributed by atoms with Gasteiger partial charge in [-0.2, -0.15) is 0 Å². The van der Waals surface area contributed by atoms with Gasteiger partial charge in [-0.25, -0.2) is 0 Å². The molecule has 0 aromatic rings. The summed E-state index contributed by atoms with van der Waals surface area (Å²) in [5.74, 6) is 0. The maximum absolute atomic E-state index is 6.30. The van der Waals surface area contributed by atoms with Gasteiger partial charge in [0.15, 0.2) is 16.6 Å². The quantitative estimate of drug-likeness (QED) is 0.481. The first-order chi connectivity index (χ1) is 8.16. The van der Waals surface area contributed by atoms with Crippen LogP contribution in [0, 0.1) is 0 Å². The number of hydrogen-bond donors (Lipinski definition) is 0. The number of hydrogen-bond acceptors (Lipinski definition) is 4. The summed E-state index contributed by atoms with van der Waals surface area (Å²) in [5.41, 5.74) is 0.630. The lowest BCUT2D eigenvalue weighted by Gasteiger charge is -2.34. The molecule has 0 N–H and O–H groups in total. The molecule has 0 aromatic carbocycles. The van der Waals surface area contributed by atoms with Crippen LogP contribution in [0.2, 0.25) is 38.3 Å². The lowest BCUT2D eigenvalue weighted by molar-refractivity contribution is 0.125. The molecule has 0 bridgehead atoms. The molecule has 8 heteroatoms. The summed E-state index contributed by atoms with van der Waals surface area (Å²) in [4.78, 5) is 0. The molecule has 0 saturated carbocycles. The van der Waals surface area contributed by atoms with Gasteiger partial charge in [0.1, 0.15) is 0 Å². The highest BCUT2D eigenvalue weighted by atomic mass is 35.5. The Bertz CT molecular complexity index is 239. The van der Waals surface area contributed by atoms with Gasteiger partial charge in [0.2, 0.25) is 0 Å². The fraction of sp³-hybridized carbons (Fsp3) is 1.00. The molecular weight excluding hydrogens is 304 g/mol. The van der Waals surface area contributed by atoms with E-state index in [1.165, 1.54) is 0 Å². The second kappa shape index (κ2) is 7.53. The molecule has 0 aliphatic rings. The van der Waals surface area contributed by atoms with Crippen molar-refractivity contribution < 1.29 is 17.4 Å². The maximum Gasteiger partial charge on any atom is 0.499 e. The van der Waals surface area contributed by atoms with Crippen molar-refractivity contribution in [2.75, 3.05) is 26.8 Å². The van der Waals surface area contributed by atoms with Crippen LogP contribution in [0.1, 0.15) is 0 Å². The topological polar surface area (TPSA) is 36.9 Å². The third-order valence-corrected chi connectivity index (χ3v) is 14.5. The number of alkyl halides is 1. The SMILES string of the molecule is CO[Si](CC[Si](C)(C)O[Si](C)(C)CCl)(OC)OC. The average molecular weight is 331 g/mol. The second-order valence-electron chi connectivity index (χ2n) is 5.55. The first-order valence-electron chi connectivity index (χ1n) is 6.07. The molecule has 0 heterocycles. The minimum atomic E-state index is -2.48. The van der Waals surface area contributed by atoms with Crippen molar-refractivity contribution in [2.45, 2.75) is 38.3 Å². The average Bonchev–Trinajstić information content (AvgIpc) is 2.30. The zero-order chi connectivity index (χ0) is 14.4. The Labute approximate surface area is 120 Å². The lowest BCUT2D eigenvalue weighted by atomic mass is 10.9. The molecule has 4 nitrogen and oxygen atoms in total. The Balaban J connectivity index is 4.50. The van der Waals surface area contributed by atoms with Crippen molar-refractivity contribution in [3.05, 3.63) is 0 Å². The second-order valence-corrected chi connectivity index (χ2v) is 18.1. The van der Waals surface area contributed by atoms with Crippen molar-refractivity contribution in [1.82, 2.24) is 0 Å². The largest absolute Gasteiger partial charge is 0.499 e. The van der Waals surface area contributed by atoms with Crippen LogP contribution < -0.4 is 0 Å². The van der Waals surface area contributed by atoms with E-state index in [0.717, 1.165) is 12.1 Å². The molecular formula is C10H27ClO4Si3. The summed E-state index contributed by atoms with van der Waals surface area (Å²) in [7, 11) is -1.01. The van der Waals surface area contributed by atoms with Crippen LogP contribution in [-0.4, -0.2) is 52.3 Å².